The highest BCUT2D eigenvalue weighted by atomic mass is 32.2. The second-order valence-electron chi connectivity index (χ2n) is 8.98. The number of aliphatic carboxylic acids is 1. The molecule has 0 aliphatic heterocycles. The number of aromatic nitrogens is 2. The first-order valence-electron chi connectivity index (χ1n) is 12.1. The van der Waals surface area contributed by atoms with Crippen LogP contribution in [0, 0.1) is 0 Å². The number of H-pyrrole nitrogens is 2. The Kier molecular flexibility index (Phi) is 8.52. The van der Waals surface area contributed by atoms with Crippen LogP contribution in [0.3, 0.4) is 0 Å². The Labute approximate surface area is 218 Å². The Balaban J connectivity index is 1.52. The molecule has 4 rings (SSSR count). The molecular formula is C27H31N5O4S. The third-order valence-corrected chi connectivity index (χ3v) is 7.05. The van der Waals surface area contributed by atoms with Crippen molar-refractivity contribution >= 4 is 51.4 Å². The molecule has 2 aromatic carbocycles. The molecule has 3 unspecified atom stereocenters. The smallest absolute Gasteiger partial charge is 0.326 e. The fourth-order valence-electron chi connectivity index (χ4n) is 4.40. The fraction of sp³-hybridized carbons (Fsp3) is 0.296. The maximum atomic E-state index is 13.3. The summed E-state index contributed by atoms with van der Waals surface area (Å²) in [5, 5.41) is 16.9. The third kappa shape index (κ3) is 6.33. The number of aromatic amines is 2. The lowest BCUT2D eigenvalue weighted by atomic mass is 10.0. The van der Waals surface area contributed by atoms with Gasteiger partial charge in [0.25, 0.3) is 0 Å². The van der Waals surface area contributed by atoms with Gasteiger partial charge in [-0.3, -0.25) is 9.59 Å². The quantitative estimate of drug-likeness (QED) is 0.168. The van der Waals surface area contributed by atoms with E-state index in [2.05, 4.69) is 20.6 Å². The van der Waals surface area contributed by atoms with Gasteiger partial charge < -0.3 is 31.4 Å². The summed E-state index contributed by atoms with van der Waals surface area (Å²) in [4.78, 5) is 44.5. The van der Waals surface area contributed by atoms with Gasteiger partial charge in [0.2, 0.25) is 11.8 Å². The van der Waals surface area contributed by atoms with Gasteiger partial charge in [-0.2, -0.15) is 11.8 Å². The molecule has 0 saturated carbocycles. The lowest BCUT2D eigenvalue weighted by Gasteiger charge is -2.23. The van der Waals surface area contributed by atoms with Crippen LogP contribution >= 0.6 is 11.8 Å². The highest BCUT2D eigenvalue weighted by Gasteiger charge is 2.29. The number of para-hydroxylation sites is 2. The third-order valence-electron chi connectivity index (χ3n) is 6.41. The minimum atomic E-state index is -1.12. The number of carboxylic acid groups (broad SMARTS) is 1. The molecule has 2 aromatic heterocycles. The van der Waals surface area contributed by atoms with E-state index in [0.29, 0.717) is 5.75 Å². The molecule has 0 saturated heterocycles. The number of hydrogen-bond acceptors (Lipinski definition) is 5. The number of hydrogen-bond donors (Lipinski definition) is 6. The number of thioether (sulfide) groups is 1. The first-order chi connectivity index (χ1) is 17.9. The largest absolute Gasteiger partial charge is 0.480 e. The summed E-state index contributed by atoms with van der Waals surface area (Å²) in [6.07, 6.45) is 6.23. The monoisotopic (exact) mass is 521 g/mol. The van der Waals surface area contributed by atoms with Gasteiger partial charge in [-0.1, -0.05) is 36.4 Å². The minimum Gasteiger partial charge on any atom is -0.480 e. The van der Waals surface area contributed by atoms with Gasteiger partial charge in [0, 0.05) is 40.6 Å². The average molecular weight is 522 g/mol. The van der Waals surface area contributed by atoms with E-state index in [-0.39, 0.29) is 19.3 Å². The second-order valence-corrected chi connectivity index (χ2v) is 9.96. The molecule has 9 nitrogen and oxygen atoms in total. The van der Waals surface area contributed by atoms with E-state index in [1.165, 1.54) is 11.8 Å². The predicted octanol–water partition coefficient (Wildman–Crippen LogP) is 2.57. The summed E-state index contributed by atoms with van der Waals surface area (Å²) in [6, 6.07) is 12.4. The van der Waals surface area contributed by atoms with Crippen LogP contribution in [-0.4, -0.2) is 63.0 Å². The first-order valence-corrected chi connectivity index (χ1v) is 13.4. The maximum Gasteiger partial charge on any atom is 0.326 e. The van der Waals surface area contributed by atoms with E-state index in [0.717, 1.165) is 32.9 Å². The van der Waals surface area contributed by atoms with E-state index in [9.17, 15) is 19.5 Å². The summed E-state index contributed by atoms with van der Waals surface area (Å²) in [7, 11) is 0. The highest BCUT2D eigenvalue weighted by molar-refractivity contribution is 7.98. The van der Waals surface area contributed by atoms with Gasteiger partial charge in [0.05, 0.1) is 6.04 Å². The van der Waals surface area contributed by atoms with Gasteiger partial charge in [-0.25, -0.2) is 4.79 Å². The molecule has 3 atom stereocenters. The number of rotatable bonds is 12. The zero-order chi connectivity index (χ0) is 26.4. The van der Waals surface area contributed by atoms with E-state index < -0.39 is 35.9 Å². The van der Waals surface area contributed by atoms with Crippen LogP contribution in [0.2, 0.25) is 0 Å². The molecule has 10 heteroatoms. The van der Waals surface area contributed by atoms with Crippen LogP contribution in [0.1, 0.15) is 17.5 Å². The average Bonchev–Trinajstić information content (AvgIpc) is 3.50. The summed E-state index contributed by atoms with van der Waals surface area (Å²) in [6.45, 7) is 0. The van der Waals surface area contributed by atoms with Crippen molar-refractivity contribution in [2.75, 3.05) is 12.0 Å². The number of fused-ring (bicyclic) bond motifs is 2. The Morgan fingerprint density at radius 3 is 1.97 bits per heavy atom. The molecule has 0 aliphatic rings. The fourth-order valence-corrected chi connectivity index (χ4v) is 4.88. The summed E-state index contributed by atoms with van der Waals surface area (Å²) < 4.78 is 0. The number of carboxylic acids is 1. The molecule has 0 aliphatic carbocycles. The lowest BCUT2D eigenvalue weighted by molar-refractivity contribution is -0.142. The second kappa shape index (κ2) is 12.0. The molecular weight excluding hydrogens is 490 g/mol. The number of carbonyl (C=O) groups excluding carboxylic acids is 2. The standard InChI is InChI=1S/C27H31N5O4S/c1-37-11-10-23(27(35)36)31-26(34)24(13-17-15-30-22-9-5-3-7-19(17)22)32-25(33)20(28)12-16-14-29-21-8-4-2-6-18(16)21/h2-9,14-15,20,23-24,29-30H,10-13,28H2,1H3,(H,31,34)(H,32,33)(H,35,36). The van der Waals surface area contributed by atoms with Gasteiger partial charge in [-0.05, 0) is 48.1 Å². The van der Waals surface area contributed by atoms with Crippen LogP contribution in [-0.2, 0) is 27.2 Å². The number of benzene rings is 2. The normalized spacial score (nSPS) is 13.8. The van der Waals surface area contributed by atoms with Crippen molar-refractivity contribution in [2.24, 2.45) is 5.73 Å². The minimum absolute atomic E-state index is 0.177. The van der Waals surface area contributed by atoms with Gasteiger partial charge in [0.1, 0.15) is 12.1 Å². The van der Waals surface area contributed by atoms with Crippen LogP contribution < -0.4 is 16.4 Å². The number of nitrogens with one attached hydrogen (secondary N) is 4. The Bertz CT molecular complexity index is 1400. The number of carbonyl (C=O) groups is 3. The van der Waals surface area contributed by atoms with Crippen molar-refractivity contribution in [1.82, 2.24) is 20.6 Å². The van der Waals surface area contributed by atoms with E-state index in [1.54, 1.807) is 6.20 Å². The number of nitrogens with two attached hydrogens (primary N) is 1. The Morgan fingerprint density at radius 1 is 0.865 bits per heavy atom. The van der Waals surface area contributed by atoms with Gasteiger partial charge in [0.15, 0.2) is 0 Å². The van der Waals surface area contributed by atoms with Gasteiger partial charge in [-0.15, -0.1) is 0 Å². The maximum absolute atomic E-state index is 13.3. The molecule has 2 heterocycles. The van der Waals surface area contributed by atoms with Crippen LogP contribution in [0.25, 0.3) is 21.8 Å². The topological polar surface area (TPSA) is 153 Å². The molecule has 0 bridgehead atoms. The Hall–Kier alpha value is -3.76. The Morgan fingerprint density at radius 2 is 1.41 bits per heavy atom. The number of amides is 2. The van der Waals surface area contributed by atoms with Crippen LogP contribution in [0.15, 0.2) is 60.9 Å². The first kappa shape index (κ1) is 26.3. The molecule has 7 N–H and O–H groups in total. The molecule has 0 spiro atoms. The lowest BCUT2D eigenvalue weighted by Crippen LogP contribution is -2.55. The SMILES string of the molecule is CSCCC(NC(=O)C(Cc1c[nH]c2ccccc12)NC(=O)C(N)Cc1c[nH]c2ccccc12)C(=O)O. The highest BCUT2D eigenvalue weighted by Crippen LogP contribution is 2.21. The zero-order valence-corrected chi connectivity index (χ0v) is 21.3. The van der Waals surface area contributed by atoms with Crippen molar-refractivity contribution < 1.29 is 19.5 Å². The summed E-state index contributed by atoms with van der Waals surface area (Å²) in [5.74, 6) is -1.59. The zero-order valence-electron chi connectivity index (χ0n) is 20.5. The molecule has 2 amide bonds. The van der Waals surface area contributed by atoms with E-state index >= 15 is 0 Å². The van der Waals surface area contributed by atoms with Crippen molar-refractivity contribution in [3.05, 3.63) is 72.1 Å². The predicted molar refractivity (Wildman–Crippen MR) is 146 cm³/mol. The molecule has 0 radical (unpaired) electrons. The van der Waals surface area contributed by atoms with Crippen LogP contribution in [0.4, 0.5) is 0 Å². The van der Waals surface area contributed by atoms with Crippen molar-refractivity contribution in [2.45, 2.75) is 37.4 Å². The summed E-state index contributed by atoms with van der Waals surface area (Å²) >= 11 is 1.50. The van der Waals surface area contributed by atoms with Crippen molar-refractivity contribution in [1.29, 1.82) is 0 Å². The van der Waals surface area contributed by atoms with E-state index in [4.69, 9.17) is 5.73 Å². The molecule has 194 valence electrons. The summed E-state index contributed by atoms with van der Waals surface area (Å²) in [5.41, 5.74) is 9.85. The van der Waals surface area contributed by atoms with Crippen LogP contribution in [0.5, 0.6) is 0 Å². The van der Waals surface area contributed by atoms with Gasteiger partial charge >= 0.3 is 5.97 Å². The van der Waals surface area contributed by atoms with Crippen molar-refractivity contribution in [3.8, 4) is 0 Å². The molecule has 4 aromatic rings. The molecule has 0 fully saturated rings. The van der Waals surface area contributed by atoms with Crippen molar-refractivity contribution in [3.63, 3.8) is 0 Å². The molecule has 37 heavy (non-hydrogen) atoms. The van der Waals surface area contributed by atoms with E-state index in [1.807, 2.05) is 61.0 Å².